The summed E-state index contributed by atoms with van der Waals surface area (Å²) in [6.07, 6.45) is 0.868. The molecule has 1 aromatic rings. The summed E-state index contributed by atoms with van der Waals surface area (Å²) in [4.78, 5) is 11.7. The second-order valence-electron chi connectivity index (χ2n) is 3.22. The average Bonchev–Trinajstić information content (AvgIpc) is 2.28. The van der Waals surface area contributed by atoms with Crippen LogP contribution in [0.2, 0.25) is 10.0 Å². The Bertz CT molecular complexity index is 394. The molecule has 0 aliphatic rings. The highest BCUT2D eigenvalue weighted by molar-refractivity contribution is 6.36. The number of rotatable bonds is 4. The van der Waals surface area contributed by atoms with Crippen molar-refractivity contribution in [2.45, 2.75) is 13.3 Å². The standard InChI is InChI=1S/C11H13Cl2NO2/c1-3-4-14-11(15)7-5-9(13)10(16-2)6-8(7)12/h5-6H,3-4H2,1-2H3,(H,14,15). The van der Waals surface area contributed by atoms with Gasteiger partial charge < -0.3 is 10.1 Å². The van der Waals surface area contributed by atoms with Crippen LogP contribution in [0.1, 0.15) is 23.7 Å². The quantitative estimate of drug-likeness (QED) is 0.905. The molecule has 16 heavy (non-hydrogen) atoms. The van der Waals surface area contributed by atoms with Crippen LogP contribution in [-0.2, 0) is 0 Å². The molecular weight excluding hydrogens is 249 g/mol. The molecule has 0 spiro atoms. The molecule has 0 saturated carbocycles. The minimum absolute atomic E-state index is 0.226. The first-order valence-electron chi connectivity index (χ1n) is 4.91. The van der Waals surface area contributed by atoms with Crippen LogP contribution in [-0.4, -0.2) is 19.6 Å². The summed E-state index contributed by atoms with van der Waals surface area (Å²) >= 11 is 11.9. The fraction of sp³-hybridized carbons (Fsp3) is 0.364. The first-order valence-corrected chi connectivity index (χ1v) is 5.67. The lowest BCUT2D eigenvalue weighted by Gasteiger charge is -2.09. The molecule has 0 aliphatic heterocycles. The molecule has 0 bridgehead atoms. The van der Waals surface area contributed by atoms with E-state index in [1.165, 1.54) is 19.2 Å². The number of methoxy groups -OCH3 is 1. The molecule has 0 aliphatic carbocycles. The zero-order valence-electron chi connectivity index (χ0n) is 9.14. The van der Waals surface area contributed by atoms with Crippen molar-refractivity contribution in [3.8, 4) is 5.75 Å². The van der Waals surface area contributed by atoms with E-state index in [9.17, 15) is 4.79 Å². The van der Waals surface area contributed by atoms with Crippen molar-refractivity contribution in [2.75, 3.05) is 13.7 Å². The van der Waals surface area contributed by atoms with Gasteiger partial charge in [0.2, 0.25) is 0 Å². The van der Waals surface area contributed by atoms with Crippen LogP contribution in [0.25, 0.3) is 0 Å². The third kappa shape index (κ3) is 3.03. The number of nitrogens with one attached hydrogen (secondary N) is 1. The first kappa shape index (κ1) is 13.1. The van der Waals surface area contributed by atoms with Gasteiger partial charge in [0, 0.05) is 12.6 Å². The Kier molecular flexibility index (Phi) is 4.90. The van der Waals surface area contributed by atoms with Gasteiger partial charge in [0.1, 0.15) is 5.75 Å². The maximum absolute atomic E-state index is 11.7. The zero-order valence-corrected chi connectivity index (χ0v) is 10.7. The van der Waals surface area contributed by atoms with Crippen LogP contribution < -0.4 is 10.1 Å². The molecule has 1 N–H and O–H groups in total. The molecule has 3 nitrogen and oxygen atoms in total. The van der Waals surface area contributed by atoms with Crippen LogP contribution in [0.4, 0.5) is 0 Å². The zero-order chi connectivity index (χ0) is 12.1. The summed E-state index contributed by atoms with van der Waals surface area (Å²) in [7, 11) is 1.49. The number of ether oxygens (including phenoxy) is 1. The van der Waals surface area contributed by atoms with E-state index >= 15 is 0 Å². The minimum Gasteiger partial charge on any atom is -0.495 e. The van der Waals surface area contributed by atoms with Crippen molar-refractivity contribution in [1.82, 2.24) is 5.32 Å². The van der Waals surface area contributed by atoms with Gasteiger partial charge in [-0.2, -0.15) is 0 Å². The Hall–Kier alpha value is -0.930. The molecule has 0 radical (unpaired) electrons. The molecule has 0 unspecified atom stereocenters. The molecule has 88 valence electrons. The average molecular weight is 262 g/mol. The van der Waals surface area contributed by atoms with Crippen molar-refractivity contribution < 1.29 is 9.53 Å². The maximum Gasteiger partial charge on any atom is 0.252 e. The Morgan fingerprint density at radius 2 is 2.06 bits per heavy atom. The van der Waals surface area contributed by atoms with Gasteiger partial charge >= 0.3 is 0 Å². The lowest BCUT2D eigenvalue weighted by Crippen LogP contribution is -2.24. The van der Waals surface area contributed by atoms with Gasteiger partial charge in [0.05, 0.1) is 22.7 Å². The summed E-state index contributed by atoms with van der Waals surface area (Å²) in [6.45, 7) is 2.59. The Labute approximate surface area is 105 Å². The maximum atomic E-state index is 11.7. The molecule has 1 amide bonds. The number of hydrogen-bond donors (Lipinski definition) is 1. The molecule has 1 rings (SSSR count). The van der Waals surface area contributed by atoms with E-state index in [1.807, 2.05) is 6.92 Å². The highest BCUT2D eigenvalue weighted by atomic mass is 35.5. The normalized spacial score (nSPS) is 10.0. The van der Waals surface area contributed by atoms with Gasteiger partial charge in [-0.1, -0.05) is 30.1 Å². The molecule has 0 heterocycles. The third-order valence-corrected chi connectivity index (χ3v) is 2.63. The van der Waals surface area contributed by atoms with E-state index in [0.29, 0.717) is 27.9 Å². The minimum atomic E-state index is -0.226. The summed E-state index contributed by atoms with van der Waals surface area (Å²) in [5, 5.41) is 3.43. The smallest absolute Gasteiger partial charge is 0.252 e. The second kappa shape index (κ2) is 5.97. The number of hydrogen-bond acceptors (Lipinski definition) is 2. The largest absolute Gasteiger partial charge is 0.495 e. The third-order valence-electron chi connectivity index (χ3n) is 2.02. The number of benzene rings is 1. The van der Waals surface area contributed by atoms with Gasteiger partial charge in [-0.25, -0.2) is 0 Å². The highest BCUT2D eigenvalue weighted by Gasteiger charge is 2.13. The van der Waals surface area contributed by atoms with Crippen molar-refractivity contribution in [1.29, 1.82) is 0 Å². The van der Waals surface area contributed by atoms with E-state index in [-0.39, 0.29) is 5.91 Å². The molecule has 0 atom stereocenters. The van der Waals surface area contributed by atoms with E-state index in [0.717, 1.165) is 6.42 Å². The first-order chi connectivity index (χ1) is 7.60. The van der Waals surface area contributed by atoms with Crippen LogP contribution in [0, 0.1) is 0 Å². The van der Waals surface area contributed by atoms with Crippen molar-refractivity contribution in [3.63, 3.8) is 0 Å². The molecule has 0 saturated heterocycles. The lowest BCUT2D eigenvalue weighted by atomic mass is 10.2. The fourth-order valence-corrected chi connectivity index (χ4v) is 1.67. The van der Waals surface area contributed by atoms with Crippen LogP contribution in [0.5, 0.6) is 5.75 Å². The molecule has 1 aromatic carbocycles. The van der Waals surface area contributed by atoms with E-state index in [1.54, 1.807) is 0 Å². The van der Waals surface area contributed by atoms with Gasteiger partial charge in [-0.15, -0.1) is 0 Å². The van der Waals surface area contributed by atoms with Crippen LogP contribution >= 0.6 is 23.2 Å². The summed E-state index contributed by atoms with van der Waals surface area (Å²) < 4.78 is 4.99. The molecule has 5 heteroatoms. The van der Waals surface area contributed by atoms with Crippen molar-refractivity contribution in [3.05, 3.63) is 27.7 Å². The Morgan fingerprint density at radius 1 is 1.38 bits per heavy atom. The number of halogens is 2. The molecule has 0 fully saturated rings. The fourth-order valence-electron chi connectivity index (χ4n) is 1.19. The Balaban J connectivity index is 2.97. The topological polar surface area (TPSA) is 38.3 Å². The summed E-state index contributed by atoms with van der Waals surface area (Å²) in [5.74, 6) is 0.232. The van der Waals surface area contributed by atoms with E-state index < -0.39 is 0 Å². The second-order valence-corrected chi connectivity index (χ2v) is 4.04. The number of carbonyl (C=O) groups is 1. The highest BCUT2D eigenvalue weighted by Crippen LogP contribution is 2.30. The summed E-state index contributed by atoms with van der Waals surface area (Å²) in [6, 6.07) is 3.04. The predicted molar refractivity (Wildman–Crippen MR) is 65.6 cm³/mol. The lowest BCUT2D eigenvalue weighted by molar-refractivity contribution is 0.0954. The number of amides is 1. The Morgan fingerprint density at radius 3 is 2.62 bits per heavy atom. The summed E-state index contributed by atoms with van der Waals surface area (Å²) in [5.41, 5.74) is 0.362. The van der Waals surface area contributed by atoms with E-state index in [4.69, 9.17) is 27.9 Å². The van der Waals surface area contributed by atoms with Gasteiger partial charge in [-0.3, -0.25) is 4.79 Å². The monoisotopic (exact) mass is 261 g/mol. The van der Waals surface area contributed by atoms with Gasteiger partial charge in [0.15, 0.2) is 0 Å². The van der Waals surface area contributed by atoms with E-state index in [2.05, 4.69) is 5.32 Å². The van der Waals surface area contributed by atoms with Crippen molar-refractivity contribution in [2.24, 2.45) is 0 Å². The number of carbonyl (C=O) groups excluding carboxylic acids is 1. The molecule has 0 aromatic heterocycles. The van der Waals surface area contributed by atoms with Crippen LogP contribution in [0.15, 0.2) is 12.1 Å². The van der Waals surface area contributed by atoms with Gasteiger partial charge in [0.25, 0.3) is 5.91 Å². The predicted octanol–water partition coefficient (Wildman–Crippen LogP) is 3.14. The van der Waals surface area contributed by atoms with Gasteiger partial charge in [-0.05, 0) is 12.5 Å². The van der Waals surface area contributed by atoms with Crippen LogP contribution in [0.3, 0.4) is 0 Å². The SMILES string of the molecule is CCCNC(=O)c1cc(Cl)c(OC)cc1Cl. The van der Waals surface area contributed by atoms with Crippen molar-refractivity contribution >= 4 is 29.1 Å². The molecular formula is C11H13Cl2NO2.